The molecule has 0 atom stereocenters. The van der Waals surface area contributed by atoms with Crippen LogP contribution >= 0.6 is 0 Å². The van der Waals surface area contributed by atoms with Gasteiger partial charge in [-0.3, -0.25) is 4.79 Å². The van der Waals surface area contributed by atoms with E-state index in [1.807, 2.05) is 24.0 Å². The third kappa shape index (κ3) is 2.98. The molecule has 19 heavy (non-hydrogen) atoms. The summed E-state index contributed by atoms with van der Waals surface area (Å²) in [5.74, 6) is 0.0802. The second-order valence-corrected chi connectivity index (χ2v) is 5.26. The number of nitrogen functional groups attached to an aromatic ring is 1. The fraction of sp³-hybridized carbons (Fsp3) is 0.438. The van der Waals surface area contributed by atoms with Crippen LogP contribution in [0.5, 0.6) is 0 Å². The van der Waals surface area contributed by atoms with Gasteiger partial charge < -0.3 is 10.6 Å². The van der Waals surface area contributed by atoms with E-state index in [0.29, 0.717) is 23.8 Å². The Labute approximate surface area is 115 Å². The lowest BCUT2D eigenvalue weighted by Gasteiger charge is -2.28. The van der Waals surface area contributed by atoms with Gasteiger partial charge in [0.1, 0.15) is 0 Å². The molecule has 1 aliphatic carbocycles. The summed E-state index contributed by atoms with van der Waals surface area (Å²) in [6, 6.07) is 5.87. The first kappa shape index (κ1) is 13.7. The quantitative estimate of drug-likeness (QED) is 0.666. The standard InChI is InChI=1S/C16H22N2O/c1-3-10-18(14-6-4-5-7-14)16(19)15-11-13(17)9-8-12(15)2/h3,8-9,11,14H,1,4-7,10,17H2,2H3. The van der Waals surface area contributed by atoms with Crippen molar-refractivity contribution in [2.45, 2.75) is 38.6 Å². The number of hydrogen-bond donors (Lipinski definition) is 1. The van der Waals surface area contributed by atoms with Crippen LogP contribution in [0.15, 0.2) is 30.9 Å². The van der Waals surface area contributed by atoms with Crippen LogP contribution in [0, 0.1) is 6.92 Å². The zero-order valence-electron chi connectivity index (χ0n) is 11.6. The van der Waals surface area contributed by atoms with Crippen LogP contribution in [0.3, 0.4) is 0 Å². The summed E-state index contributed by atoms with van der Waals surface area (Å²) < 4.78 is 0. The minimum atomic E-state index is 0.0802. The molecular weight excluding hydrogens is 236 g/mol. The molecule has 3 heteroatoms. The SMILES string of the molecule is C=CCN(C(=O)c1cc(N)ccc1C)C1CCCC1. The first-order chi connectivity index (χ1) is 9.13. The highest BCUT2D eigenvalue weighted by Crippen LogP contribution is 2.26. The number of rotatable bonds is 4. The Morgan fingerprint density at radius 1 is 1.47 bits per heavy atom. The number of nitrogens with two attached hydrogens (primary N) is 1. The van der Waals surface area contributed by atoms with E-state index < -0.39 is 0 Å². The second kappa shape index (κ2) is 5.91. The van der Waals surface area contributed by atoms with Crippen LogP contribution < -0.4 is 5.73 Å². The number of carbonyl (C=O) groups excluding carboxylic acids is 1. The summed E-state index contributed by atoms with van der Waals surface area (Å²) >= 11 is 0. The normalized spacial score (nSPS) is 15.4. The average Bonchev–Trinajstić information content (AvgIpc) is 2.92. The summed E-state index contributed by atoms with van der Waals surface area (Å²) in [5, 5.41) is 0. The first-order valence-electron chi connectivity index (χ1n) is 6.91. The minimum absolute atomic E-state index is 0.0802. The molecule has 2 rings (SSSR count). The van der Waals surface area contributed by atoms with Crippen LogP contribution in [-0.4, -0.2) is 23.4 Å². The first-order valence-corrected chi connectivity index (χ1v) is 6.91. The molecule has 0 aromatic heterocycles. The molecule has 0 bridgehead atoms. The van der Waals surface area contributed by atoms with Crippen molar-refractivity contribution in [1.29, 1.82) is 0 Å². The Morgan fingerprint density at radius 3 is 2.79 bits per heavy atom. The lowest BCUT2D eigenvalue weighted by molar-refractivity contribution is 0.0706. The Balaban J connectivity index is 2.27. The average molecular weight is 258 g/mol. The molecule has 0 radical (unpaired) electrons. The lowest BCUT2D eigenvalue weighted by atomic mass is 10.0. The molecule has 0 spiro atoms. The Morgan fingerprint density at radius 2 is 2.16 bits per heavy atom. The van der Waals surface area contributed by atoms with E-state index in [9.17, 15) is 4.79 Å². The van der Waals surface area contributed by atoms with Crippen molar-refractivity contribution in [1.82, 2.24) is 4.90 Å². The molecule has 1 amide bonds. The summed E-state index contributed by atoms with van der Waals surface area (Å²) in [5.41, 5.74) is 8.13. The number of carbonyl (C=O) groups is 1. The van der Waals surface area contributed by atoms with Gasteiger partial charge in [-0.05, 0) is 37.5 Å². The van der Waals surface area contributed by atoms with Crippen LogP contribution in [0.1, 0.15) is 41.6 Å². The number of hydrogen-bond acceptors (Lipinski definition) is 2. The molecule has 1 aromatic carbocycles. The van der Waals surface area contributed by atoms with E-state index in [1.165, 1.54) is 12.8 Å². The van der Waals surface area contributed by atoms with Crippen molar-refractivity contribution in [3.05, 3.63) is 42.0 Å². The van der Waals surface area contributed by atoms with Crippen molar-refractivity contribution in [3.63, 3.8) is 0 Å². The maximum absolute atomic E-state index is 12.7. The fourth-order valence-corrected chi connectivity index (χ4v) is 2.78. The zero-order valence-corrected chi connectivity index (χ0v) is 11.6. The highest BCUT2D eigenvalue weighted by atomic mass is 16.2. The van der Waals surface area contributed by atoms with Crippen LogP contribution in [0.25, 0.3) is 0 Å². The Kier molecular flexibility index (Phi) is 4.25. The number of amides is 1. The van der Waals surface area contributed by atoms with Gasteiger partial charge in [0.2, 0.25) is 0 Å². The predicted octanol–water partition coefficient (Wildman–Crippen LogP) is 3.15. The van der Waals surface area contributed by atoms with Crippen molar-refractivity contribution < 1.29 is 4.79 Å². The van der Waals surface area contributed by atoms with Crippen molar-refractivity contribution >= 4 is 11.6 Å². The van der Waals surface area contributed by atoms with E-state index >= 15 is 0 Å². The number of nitrogens with zero attached hydrogens (tertiary/aromatic N) is 1. The van der Waals surface area contributed by atoms with Crippen molar-refractivity contribution in [3.8, 4) is 0 Å². The summed E-state index contributed by atoms with van der Waals surface area (Å²) in [7, 11) is 0. The van der Waals surface area contributed by atoms with Gasteiger partial charge in [-0.25, -0.2) is 0 Å². The van der Waals surface area contributed by atoms with Gasteiger partial charge in [0, 0.05) is 23.8 Å². The van der Waals surface area contributed by atoms with Gasteiger partial charge in [-0.2, -0.15) is 0 Å². The van der Waals surface area contributed by atoms with Crippen molar-refractivity contribution in [2.75, 3.05) is 12.3 Å². The van der Waals surface area contributed by atoms with Gasteiger partial charge in [0.05, 0.1) is 0 Å². The maximum Gasteiger partial charge on any atom is 0.254 e. The van der Waals surface area contributed by atoms with Crippen LogP contribution in [0.4, 0.5) is 5.69 Å². The third-order valence-corrected chi connectivity index (χ3v) is 3.84. The highest BCUT2D eigenvalue weighted by Gasteiger charge is 2.27. The summed E-state index contributed by atoms with van der Waals surface area (Å²) in [4.78, 5) is 14.7. The van der Waals surface area contributed by atoms with Crippen LogP contribution in [-0.2, 0) is 0 Å². The van der Waals surface area contributed by atoms with E-state index in [-0.39, 0.29) is 5.91 Å². The lowest BCUT2D eigenvalue weighted by Crippen LogP contribution is -2.39. The smallest absolute Gasteiger partial charge is 0.254 e. The molecule has 1 fully saturated rings. The molecule has 1 saturated carbocycles. The molecule has 0 aliphatic heterocycles. The second-order valence-electron chi connectivity index (χ2n) is 5.26. The molecule has 0 saturated heterocycles. The molecular formula is C16H22N2O. The topological polar surface area (TPSA) is 46.3 Å². The molecule has 3 nitrogen and oxygen atoms in total. The van der Waals surface area contributed by atoms with Gasteiger partial charge in [0.25, 0.3) is 5.91 Å². The fourth-order valence-electron chi connectivity index (χ4n) is 2.78. The Hall–Kier alpha value is -1.77. The Bertz CT molecular complexity index is 476. The van der Waals surface area contributed by atoms with Gasteiger partial charge in [0.15, 0.2) is 0 Å². The largest absolute Gasteiger partial charge is 0.399 e. The van der Waals surface area contributed by atoms with E-state index in [2.05, 4.69) is 6.58 Å². The third-order valence-electron chi connectivity index (χ3n) is 3.84. The summed E-state index contributed by atoms with van der Waals surface area (Å²) in [6.07, 6.45) is 6.42. The number of benzene rings is 1. The minimum Gasteiger partial charge on any atom is -0.399 e. The molecule has 0 heterocycles. The highest BCUT2D eigenvalue weighted by molar-refractivity contribution is 5.96. The van der Waals surface area contributed by atoms with Gasteiger partial charge in [-0.15, -0.1) is 6.58 Å². The monoisotopic (exact) mass is 258 g/mol. The van der Waals surface area contributed by atoms with Gasteiger partial charge >= 0.3 is 0 Å². The molecule has 102 valence electrons. The summed E-state index contributed by atoms with van der Waals surface area (Å²) in [6.45, 7) is 6.33. The van der Waals surface area contributed by atoms with Crippen molar-refractivity contribution in [2.24, 2.45) is 0 Å². The zero-order chi connectivity index (χ0) is 13.8. The molecule has 1 aromatic rings. The van der Waals surface area contributed by atoms with E-state index in [4.69, 9.17) is 5.73 Å². The predicted molar refractivity (Wildman–Crippen MR) is 79.1 cm³/mol. The number of anilines is 1. The van der Waals surface area contributed by atoms with E-state index in [0.717, 1.165) is 18.4 Å². The molecule has 1 aliphatic rings. The molecule has 0 unspecified atom stereocenters. The molecule has 2 N–H and O–H groups in total. The van der Waals surface area contributed by atoms with Crippen LogP contribution in [0.2, 0.25) is 0 Å². The number of aryl methyl sites for hydroxylation is 1. The maximum atomic E-state index is 12.7. The van der Waals surface area contributed by atoms with E-state index in [1.54, 1.807) is 12.1 Å². The van der Waals surface area contributed by atoms with Gasteiger partial charge in [-0.1, -0.05) is 25.0 Å².